The van der Waals surface area contributed by atoms with Crippen molar-refractivity contribution in [3.8, 4) is 0 Å². The Morgan fingerprint density at radius 2 is 0.456 bits per heavy atom. The van der Waals surface area contributed by atoms with Crippen molar-refractivity contribution in [1.82, 2.24) is 0 Å². The molecule has 0 amide bonds. The first-order valence-electron chi connectivity index (χ1n) is 36.2. The highest BCUT2D eigenvalue weighted by Gasteiger charge is 2.52. The zero-order chi connectivity index (χ0) is 58.1. The molecule has 0 bridgehead atoms. The molecule has 6 nitrogen and oxygen atoms in total. The molecule has 0 aromatic carbocycles. The molecule has 6 heteroatoms. The van der Waals surface area contributed by atoms with Crippen molar-refractivity contribution in [3.63, 3.8) is 0 Å². The number of ether oxygens (including phenoxy) is 2. The van der Waals surface area contributed by atoms with Crippen LogP contribution in [0.25, 0.3) is 0 Å². The maximum absolute atomic E-state index is 13.2. The summed E-state index contributed by atoms with van der Waals surface area (Å²) in [6.45, 7) is 17.7. The van der Waals surface area contributed by atoms with Crippen molar-refractivity contribution < 1.29 is 28.7 Å². The fraction of sp³-hybridized carbons (Fsp3) is 0.945. The molecule has 0 aliphatic carbocycles. The van der Waals surface area contributed by atoms with Gasteiger partial charge in [0, 0.05) is 0 Å². The molecule has 0 saturated carbocycles. The maximum Gasteiger partial charge on any atom is 0.317 e. The summed E-state index contributed by atoms with van der Waals surface area (Å²) in [6.07, 6.45) is 71.9. The topological polar surface area (TPSA) is 86.7 Å². The van der Waals surface area contributed by atoms with Gasteiger partial charge in [0.05, 0.1) is 23.7 Å². The summed E-state index contributed by atoms with van der Waals surface area (Å²) in [4.78, 5) is 51.9. The zero-order valence-electron chi connectivity index (χ0n) is 54.8. The van der Waals surface area contributed by atoms with E-state index >= 15 is 0 Å². The Labute approximate surface area is 494 Å². The van der Waals surface area contributed by atoms with E-state index in [-0.39, 0.29) is 17.8 Å². The number of hydrogen-bond donors (Lipinski definition) is 0. The van der Waals surface area contributed by atoms with Crippen molar-refractivity contribution in [2.24, 2.45) is 35.5 Å². The Morgan fingerprint density at radius 3 is 0.684 bits per heavy atom. The molecule has 79 heavy (non-hydrogen) atoms. The van der Waals surface area contributed by atoms with Crippen LogP contribution in [-0.2, 0) is 28.7 Å². The molecule has 2 aliphatic heterocycles. The Kier molecular flexibility index (Phi) is 58.1. The van der Waals surface area contributed by atoms with E-state index in [4.69, 9.17) is 9.47 Å². The van der Waals surface area contributed by atoms with Gasteiger partial charge in [0.15, 0.2) is 0 Å². The van der Waals surface area contributed by atoms with E-state index in [1.165, 1.54) is 289 Å². The number of unbranched alkanes of at least 4 members (excludes halogenated alkanes) is 46. The van der Waals surface area contributed by atoms with Crippen molar-refractivity contribution >= 4 is 23.9 Å². The first-order valence-corrected chi connectivity index (χ1v) is 36.2. The summed E-state index contributed by atoms with van der Waals surface area (Å²) in [5.74, 6) is -3.77. The zero-order valence-corrected chi connectivity index (χ0v) is 54.8. The smallest absolute Gasteiger partial charge is 0.317 e. The second kappa shape index (κ2) is 59.4. The third kappa shape index (κ3) is 43.6. The van der Waals surface area contributed by atoms with Crippen LogP contribution in [0, 0.1) is 35.5 Å². The molecule has 2 saturated heterocycles. The molecule has 2 heterocycles. The third-order valence-corrected chi connectivity index (χ3v) is 18.2. The van der Waals surface area contributed by atoms with Crippen LogP contribution >= 0.6 is 0 Å². The minimum absolute atomic E-state index is 0.0958. The fourth-order valence-electron chi connectivity index (χ4n) is 12.9. The first kappa shape index (κ1) is 77.3. The predicted molar refractivity (Wildman–Crippen MR) is 342 cm³/mol. The summed E-state index contributed by atoms with van der Waals surface area (Å²) in [5, 5.41) is 0. The molecule has 468 valence electrons. The van der Waals surface area contributed by atoms with Crippen molar-refractivity contribution in [3.05, 3.63) is 0 Å². The maximum atomic E-state index is 13.2. The largest absolute Gasteiger partial charge is 0.393 e. The second-order valence-electron chi connectivity index (χ2n) is 25.5. The number of hydrogen-bond acceptors (Lipinski definition) is 6. The lowest BCUT2D eigenvalue weighted by Gasteiger charge is -2.29. The van der Waals surface area contributed by atoms with Crippen molar-refractivity contribution in [1.29, 1.82) is 0 Å². The second-order valence-corrected chi connectivity index (χ2v) is 25.5. The van der Waals surface area contributed by atoms with E-state index in [0.29, 0.717) is 12.8 Å². The molecule has 0 aromatic heterocycles. The Hall–Kier alpha value is -1.72. The SMILES string of the molecule is CCCCCCCCCCCCCCC.CCCCCCCCCCCCCCC.CCCCCCCCCCCCCCC(CC1C(=O)OC(=O)C1C(CC)CCCCCCCCCCCCCC)C1C(=O)OC(=O)C1CC. The summed E-state index contributed by atoms with van der Waals surface area (Å²) >= 11 is 0. The van der Waals surface area contributed by atoms with E-state index in [1.54, 1.807) is 0 Å². The third-order valence-electron chi connectivity index (χ3n) is 18.2. The molecular weight excluding hydrogens is 973 g/mol. The van der Waals surface area contributed by atoms with Gasteiger partial charge >= 0.3 is 23.9 Å². The molecule has 0 radical (unpaired) electrons. The average Bonchev–Trinajstić information content (AvgIpc) is 3.91. The molecule has 0 spiro atoms. The van der Waals surface area contributed by atoms with E-state index < -0.39 is 41.6 Å². The highest BCUT2D eigenvalue weighted by molar-refractivity contribution is 5.98. The van der Waals surface area contributed by atoms with Gasteiger partial charge in [-0.3, -0.25) is 19.2 Å². The normalized spacial score (nSPS) is 17.8. The van der Waals surface area contributed by atoms with Crippen LogP contribution in [-0.4, -0.2) is 23.9 Å². The summed E-state index contributed by atoms with van der Waals surface area (Å²) < 4.78 is 10.4. The Bertz CT molecular complexity index is 1280. The fourth-order valence-corrected chi connectivity index (χ4v) is 12.9. The van der Waals surface area contributed by atoms with Gasteiger partial charge < -0.3 is 9.47 Å². The number of carbonyl (C=O) groups is 4. The van der Waals surface area contributed by atoms with E-state index in [1.807, 2.05) is 6.92 Å². The molecule has 2 fully saturated rings. The highest BCUT2D eigenvalue weighted by Crippen LogP contribution is 2.44. The van der Waals surface area contributed by atoms with E-state index in [2.05, 4.69) is 48.5 Å². The Morgan fingerprint density at radius 1 is 0.253 bits per heavy atom. The van der Waals surface area contributed by atoms with Crippen LogP contribution < -0.4 is 0 Å². The van der Waals surface area contributed by atoms with Gasteiger partial charge in [-0.25, -0.2) is 0 Å². The molecule has 0 N–H and O–H groups in total. The van der Waals surface area contributed by atoms with Crippen LogP contribution in [0.5, 0.6) is 0 Å². The summed E-state index contributed by atoms with van der Waals surface area (Å²) in [5.41, 5.74) is 0. The first-order chi connectivity index (χ1) is 38.7. The molecule has 2 aliphatic rings. The minimum Gasteiger partial charge on any atom is -0.393 e. The minimum atomic E-state index is -0.543. The van der Waals surface area contributed by atoms with Gasteiger partial charge in [-0.05, 0) is 37.5 Å². The standard InChI is InChI=1S/C43H76O6.2C15H32/c1-5-9-11-13-15-17-19-21-23-25-27-29-31-34(7-3)38-37(41(45)49-42(38)46)33-35(39-36(8-4)40(44)48-43(39)47)32-30-28-26-24-22-20-18-16-14-12-10-6-2;2*1-3-5-7-9-11-13-15-14-12-10-8-6-4-2/h34-39H,5-33H2,1-4H3;2*3-15H2,1-2H3. The van der Waals surface area contributed by atoms with Gasteiger partial charge in [-0.1, -0.05) is 383 Å². The van der Waals surface area contributed by atoms with Crippen LogP contribution in [0.15, 0.2) is 0 Å². The van der Waals surface area contributed by atoms with Crippen LogP contribution in [0.1, 0.15) is 409 Å². The lowest BCUT2D eigenvalue weighted by Crippen LogP contribution is -2.33. The predicted octanol–water partition coefficient (Wildman–Crippen LogP) is 24.4. The number of cyclic esters (lactones) is 4. The van der Waals surface area contributed by atoms with Gasteiger partial charge in [-0.2, -0.15) is 0 Å². The lowest BCUT2D eigenvalue weighted by atomic mass is 9.70. The quantitative estimate of drug-likeness (QED) is 0.0343. The molecule has 0 aromatic rings. The molecular formula is C73H140O6. The van der Waals surface area contributed by atoms with Gasteiger partial charge in [-0.15, -0.1) is 0 Å². The highest BCUT2D eigenvalue weighted by atomic mass is 16.6. The van der Waals surface area contributed by atoms with Gasteiger partial charge in [0.1, 0.15) is 0 Å². The van der Waals surface area contributed by atoms with Crippen LogP contribution in [0.2, 0.25) is 0 Å². The van der Waals surface area contributed by atoms with E-state index in [0.717, 1.165) is 51.4 Å². The van der Waals surface area contributed by atoms with Gasteiger partial charge in [0.25, 0.3) is 0 Å². The summed E-state index contributed by atoms with van der Waals surface area (Å²) in [7, 11) is 0. The molecule has 2 rings (SSSR count). The molecule has 6 atom stereocenters. The average molecular weight is 1110 g/mol. The monoisotopic (exact) mass is 1110 g/mol. The number of carbonyl (C=O) groups excluding carboxylic acids is 4. The van der Waals surface area contributed by atoms with Crippen LogP contribution in [0.3, 0.4) is 0 Å². The lowest BCUT2D eigenvalue weighted by molar-refractivity contribution is -0.156. The number of esters is 4. The van der Waals surface area contributed by atoms with Crippen molar-refractivity contribution in [2.75, 3.05) is 0 Å². The van der Waals surface area contributed by atoms with E-state index in [9.17, 15) is 19.2 Å². The number of rotatable bonds is 56. The van der Waals surface area contributed by atoms with Crippen LogP contribution in [0.4, 0.5) is 0 Å². The Balaban J connectivity index is 0.00000164. The van der Waals surface area contributed by atoms with Crippen molar-refractivity contribution in [2.45, 2.75) is 409 Å². The molecule has 6 unspecified atom stereocenters. The van der Waals surface area contributed by atoms with Gasteiger partial charge in [0.2, 0.25) is 0 Å². The summed E-state index contributed by atoms with van der Waals surface area (Å²) in [6, 6.07) is 0.